The van der Waals surface area contributed by atoms with Crippen molar-refractivity contribution in [3.05, 3.63) is 41.0 Å². The van der Waals surface area contributed by atoms with Crippen molar-refractivity contribution in [2.75, 3.05) is 7.11 Å². The van der Waals surface area contributed by atoms with Crippen molar-refractivity contribution in [3.63, 3.8) is 0 Å². The molecule has 5 heteroatoms. The molecule has 0 fully saturated rings. The zero-order valence-corrected chi connectivity index (χ0v) is 9.34. The summed E-state index contributed by atoms with van der Waals surface area (Å²) in [5.41, 5.74) is -0.283. The Labute approximate surface area is 96.7 Å². The number of methoxy groups -OCH3 is 1. The third kappa shape index (κ3) is 3.34. The summed E-state index contributed by atoms with van der Waals surface area (Å²) in [5, 5.41) is 0. The molecule has 1 aromatic carbocycles. The molecule has 17 heavy (non-hydrogen) atoms. The monoisotopic (exact) mass is 244 g/mol. The average Bonchev–Trinajstić information content (AvgIpc) is 2.25. The van der Waals surface area contributed by atoms with Crippen molar-refractivity contribution < 1.29 is 22.7 Å². The van der Waals surface area contributed by atoms with Crippen LogP contribution < -0.4 is 0 Å². The lowest BCUT2D eigenvalue weighted by Gasteiger charge is -2.11. The first-order chi connectivity index (χ1) is 7.86. The van der Waals surface area contributed by atoms with E-state index in [1.807, 2.05) is 0 Å². The second-order valence-corrected chi connectivity index (χ2v) is 3.37. The molecule has 0 saturated carbocycles. The van der Waals surface area contributed by atoms with Crippen LogP contribution >= 0.6 is 0 Å². The van der Waals surface area contributed by atoms with Crippen LogP contribution in [0, 0.1) is 6.92 Å². The minimum atomic E-state index is -4.39. The Balaban J connectivity index is 3.12. The Hall–Kier alpha value is -1.78. The number of carbonyl (C=O) groups is 1. The first-order valence-electron chi connectivity index (χ1n) is 4.79. The van der Waals surface area contributed by atoms with Gasteiger partial charge in [0.1, 0.15) is 0 Å². The Morgan fingerprint density at radius 1 is 1.35 bits per heavy atom. The lowest BCUT2D eigenvalue weighted by atomic mass is 10.0. The highest BCUT2D eigenvalue weighted by Crippen LogP contribution is 2.33. The fourth-order valence-corrected chi connectivity index (χ4v) is 1.37. The fraction of sp³-hybridized carbons (Fsp3) is 0.250. The molecule has 0 aliphatic rings. The Bertz CT molecular complexity index is 448. The largest absolute Gasteiger partial charge is 0.466 e. The van der Waals surface area contributed by atoms with Gasteiger partial charge in [0, 0.05) is 6.08 Å². The number of benzene rings is 1. The van der Waals surface area contributed by atoms with E-state index in [0.29, 0.717) is 5.56 Å². The summed E-state index contributed by atoms with van der Waals surface area (Å²) in [7, 11) is 1.20. The average molecular weight is 244 g/mol. The van der Waals surface area contributed by atoms with Crippen LogP contribution in [0.1, 0.15) is 16.7 Å². The number of rotatable bonds is 2. The van der Waals surface area contributed by atoms with Crippen LogP contribution in [-0.2, 0) is 15.7 Å². The molecule has 1 rings (SSSR count). The van der Waals surface area contributed by atoms with E-state index in [-0.39, 0.29) is 5.56 Å². The fourth-order valence-electron chi connectivity index (χ4n) is 1.37. The van der Waals surface area contributed by atoms with Gasteiger partial charge in [0.2, 0.25) is 0 Å². The van der Waals surface area contributed by atoms with Crippen molar-refractivity contribution in [2.45, 2.75) is 13.1 Å². The summed E-state index contributed by atoms with van der Waals surface area (Å²) < 4.78 is 42.1. The van der Waals surface area contributed by atoms with Crippen LogP contribution in [0.4, 0.5) is 13.2 Å². The molecular weight excluding hydrogens is 233 g/mol. The van der Waals surface area contributed by atoms with Gasteiger partial charge < -0.3 is 4.74 Å². The molecule has 0 bridgehead atoms. The topological polar surface area (TPSA) is 26.3 Å². The number of hydrogen-bond donors (Lipinski definition) is 0. The second-order valence-electron chi connectivity index (χ2n) is 3.37. The predicted octanol–water partition coefficient (Wildman–Crippen LogP) is 3.20. The van der Waals surface area contributed by atoms with Gasteiger partial charge >= 0.3 is 12.1 Å². The molecule has 0 amide bonds. The van der Waals surface area contributed by atoms with E-state index in [2.05, 4.69) is 4.74 Å². The molecule has 0 aliphatic heterocycles. The number of esters is 1. The summed E-state index contributed by atoms with van der Waals surface area (Å²) in [6.07, 6.45) is -2.00. The van der Waals surface area contributed by atoms with Crippen molar-refractivity contribution >= 4 is 12.0 Å². The molecule has 92 valence electrons. The lowest BCUT2D eigenvalue weighted by Crippen LogP contribution is -2.08. The molecule has 1 aromatic rings. The lowest BCUT2D eigenvalue weighted by molar-refractivity contribution is -0.138. The van der Waals surface area contributed by atoms with Gasteiger partial charge in [0.05, 0.1) is 12.7 Å². The minimum Gasteiger partial charge on any atom is -0.466 e. The third-order valence-electron chi connectivity index (χ3n) is 2.28. The highest BCUT2D eigenvalue weighted by atomic mass is 19.4. The highest BCUT2D eigenvalue weighted by Gasteiger charge is 2.32. The molecule has 0 atom stereocenters. The van der Waals surface area contributed by atoms with E-state index in [1.165, 1.54) is 32.2 Å². The normalized spacial score (nSPS) is 11.8. The van der Waals surface area contributed by atoms with Gasteiger partial charge in [-0.2, -0.15) is 13.2 Å². The first kappa shape index (κ1) is 13.3. The molecular formula is C12H11F3O2. The molecule has 0 unspecified atom stereocenters. The van der Waals surface area contributed by atoms with Crippen LogP contribution in [0.5, 0.6) is 0 Å². The van der Waals surface area contributed by atoms with Crippen LogP contribution in [-0.4, -0.2) is 13.1 Å². The van der Waals surface area contributed by atoms with Gasteiger partial charge in [-0.15, -0.1) is 0 Å². The summed E-state index contributed by atoms with van der Waals surface area (Å²) in [4.78, 5) is 10.8. The SMILES string of the molecule is COC(=O)C=Cc1cccc(C(F)(F)F)c1C. The number of halogens is 3. The summed E-state index contributed by atoms with van der Waals surface area (Å²) in [5.74, 6) is -0.609. The molecule has 0 radical (unpaired) electrons. The van der Waals surface area contributed by atoms with E-state index >= 15 is 0 Å². The van der Waals surface area contributed by atoms with Gasteiger partial charge in [0.15, 0.2) is 0 Å². The number of ether oxygens (including phenoxy) is 1. The van der Waals surface area contributed by atoms with Gasteiger partial charge in [-0.1, -0.05) is 12.1 Å². The number of alkyl halides is 3. The molecule has 0 heterocycles. The van der Waals surface area contributed by atoms with E-state index in [4.69, 9.17) is 0 Å². The summed E-state index contributed by atoms with van der Waals surface area (Å²) >= 11 is 0. The van der Waals surface area contributed by atoms with E-state index in [0.717, 1.165) is 12.1 Å². The maximum Gasteiger partial charge on any atom is 0.416 e. The van der Waals surface area contributed by atoms with Crippen molar-refractivity contribution in [3.8, 4) is 0 Å². The summed E-state index contributed by atoms with van der Waals surface area (Å²) in [6, 6.07) is 3.81. The van der Waals surface area contributed by atoms with Crippen molar-refractivity contribution in [1.29, 1.82) is 0 Å². The number of hydrogen-bond acceptors (Lipinski definition) is 2. The third-order valence-corrected chi connectivity index (χ3v) is 2.28. The van der Waals surface area contributed by atoms with Crippen LogP contribution in [0.15, 0.2) is 24.3 Å². The van der Waals surface area contributed by atoms with Crippen molar-refractivity contribution in [2.24, 2.45) is 0 Å². The van der Waals surface area contributed by atoms with Crippen LogP contribution in [0.2, 0.25) is 0 Å². The quantitative estimate of drug-likeness (QED) is 0.590. The maximum absolute atomic E-state index is 12.6. The van der Waals surface area contributed by atoms with Gasteiger partial charge in [0.25, 0.3) is 0 Å². The van der Waals surface area contributed by atoms with E-state index in [1.54, 1.807) is 0 Å². The smallest absolute Gasteiger partial charge is 0.416 e. The van der Waals surface area contributed by atoms with E-state index in [9.17, 15) is 18.0 Å². The standard InChI is InChI=1S/C12H11F3O2/c1-8-9(6-7-11(16)17-2)4-3-5-10(8)12(13,14)15/h3-7H,1-2H3. The molecule has 0 spiro atoms. The highest BCUT2D eigenvalue weighted by molar-refractivity contribution is 5.87. The van der Waals surface area contributed by atoms with Gasteiger partial charge in [-0.25, -0.2) is 4.79 Å². The number of carbonyl (C=O) groups excluding carboxylic acids is 1. The minimum absolute atomic E-state index is 0.0835. The Morgan fingerprint density at radius 2 is 2.00 bits per heavy atom. The summed E-state index contributed by atoms with van der Waals surface area (Å²) in [6.45, 7) is 1.36. The zero-order chi connectivity index (χ0) is 13.1. The van der Waals surface area contributed by atoms with Crippen LogP contribution in [0.3, 0.4) is 0 Å². The van der Waals surface area contributed by atoms with Crippen molar-refractivity contribution in [1.82, 2.24) is 0 Å². The predicted molar refractivity (Wildman–Crippen MR) is 57.2 cm³/mol. The van der Waals surface area contributed by atoms with E-state index < -0.39 is 17.7 Å². The molecule has 0 aliphatic carbocycles. The Morgan fingerprint density at radius 3 is 2.53 bits per heavy atom. The van der Waals surface area contributed by atoms with Crippen LogP contribution in [0.25, 0.3) is 6.08 Å². The van der Waals surface area contributed by atoms with Gasteiger partial charge in [-0.3, -0.25) is 0 Å². The molecule has 0 aromatic heterocycles. The second kappa shape index (κ2) is 5.03. The molecule has 0 N–H and O–H groups in total. The zero-order valence-electron chi connectivity index (χ0n) is 9.34. The first-order valence-corrected chi connectivity index (χ1v) is 4.79. The van der Waals surface area contributed by atoms with Gasteiger partial charge in [-0.05, 0) is 30.2 Å². The molecule has 0 saturated heterocycles. The maximum atomic E-state index is 12.6. The molecule has 2 nitrogen and oxygen atoms in total. The Kier molecular flexibility index (Phi) is 3.93.